The highest BCUT2D eigenvalue weighted by atomic mass is 16.6. The van der Waals surface area contributed by atoms with Crippen LogP contribution in [0, 0.1) is 5.92 Å². The van der Waals surface area contributed by atoms with Crippen molar-refractivity contribution in [2.45, 2.75) is 207 Å². The number of esters is 1. The number of carbonyl (C=O) groups excluding carboxylic acids is 2. The van der Waals surface area contributed by atoms with Gasteiger partial charge in [-0.1, -0.05) is 168 Å². The van der Waals surface area contributed by atoms with Gasteiger partial charge in [-0.25, -0.2) is 4.79 Å². The SMILES string of the molecule is CCCCC/C=C\C/C=C\CCCCCCCC(=O)C(O)(CCCCCCCCCCCCCCCC)C(=O)OCC(C)C. The minimum Gasteiger partial charge on any atom is -0.463 e. The van der Waals surface area contributed by atoms with Crippen molar-refractivity contribution in [1.29, 1.82) is 0 Å². The molecule has 0 spiro atoms. The number of ketones is 1. The third kappa shape index (κ3) is 25.9. The van der Waals surface area contributed by atoms with E-state index in [-0.39, 0.29) is 31.1 Å². The van der Waals surface area contributed by atoms with E-state index in [1.165, 1.54) is 96.3 Å². The number of carbonyl (C=O) groups is 2. The number of hydrogen-bond donors (Lipinski definition) is 1. The number of ether oxygens (including phenoxy) is 1. The largest absolute Gasteiger partial charge is 0.463 e. The fourth-order valence-corrected chi connectivity index (χ4v) is 5.60. The molecule has 0 aliphatic rings. The number of Topliss-reactive ketones (excluding diaryl/α,β-unsaturated/α-hetero) is 1. The molecule has 0 radical (unpaired) electrons. The fraction of sp³-hybridized carbons (Fsp3) is 0.850. The molecular formula is C40H74O4. The number of hydrogen-bond acceptors (Lipinski definition) is 4. The molecule has 0 bridgehead atoms. The predicted octanol–water partition coefficient (Wildman–Crippen LogP) is 12.2. The Morgan fingerprint density at radius 3 is 1.50 bits per heavy atom. The van der Waals surface area contributed by atoms with E-state index in [4.69, 9.17) is 4.74 Å². The molecule has 44 heavy (non-hydrogen) atoms. The molecule has 1 unspecified atom stereocenters. The molecule has 0 rings (SSSR count). The second kappa shape index (κ2) is 31.6. The third-order valence-electron chi connectivity index (χ3n) is 8.59. The Balaban J connectivity index is 4.18. The van der Waals surface area contributed by atoms with Crippen molar-refractivity contribution < 1.29 is 19.4 Å². The normalized spacial score (nSPS) is 13.3. The van der Waals surface area contributed by atoms with Gasteiger partial charge in [-0.15, -0.1) is 0 Å². The van der Waals surface area contributed by atoms with Crippen LogP contribution in [0.1, 0.15) is 201 Å². The monoisotopic (exact) mass is 619 g/mol. The van der Waals surface area contributed by atoms with Gasteiger partial charge in [-0.2, -0.15) is 0 Å². The van der Waals surface area contributed by atoms with Crippen LogP contribution in [0.4, 0.5) is 0 Å². The summed E-state index contributed by atoms with van der Waals surface area (Å²) in [5.74, 6) is -0.929. The Labute approximate surface area is 274 Å². The molecule has 4 nitrogen and oxygen atoms in total. The van der Waals surface area contributed by atoms with Crippen molar-refractivity contribution in [3.8, 4) is 0 Å². The molecule has 0 amide bonds. The second-order valence-electron chi connectivity index (χ2n) is 13.6. The minimum atomic E-state index is -1.98. The van der Waals surface area contributed by atoms with Crippen LogP contribution in [0.5, 0.6) is 0 Å². The highest BCUT2D eigenvalue weighted by Crippen LogP contribution is 2.23. The summed E-state index contributed by atoms with van der Waals surface area (Å²) in [5, 5.41) is 11.2. The Hall–Kier alpha value is -1.42. The molecule has 0 heterocycles. The van der Waals surface area contributed by atoms with Gasteiger partial charge in [-0.05, 0) is 57.3 Å². The molecule has 0 aromatic carbocycles. The summed E-state index contributed by atoms with van der Waals surface area (Å²) in [6.07, 6.45) is 39.2. The van der Waals surface area contributed by atoms with Crippen molar-refractivity contribution in [2.75, 3.05) is 6.61 Å². The number of allylic oxidation sites excluding steroid dienone is 4. The van der Waals surface area contributed by atoms with E-state index in [0.717, 1.165) is 57.8 Å². The molecule has 0 aromatic rings. The van der Waals surface area contributed by atoms with Gasteiger partial charge in [-0.3, -0.25) is 4.79 Å². The molecule has 1 N–H and O–H groups in total. The van der Waals surface area contributed by atoms with Gasteiger partial charge in [0.25, 0.3) is 0 Å². The van der Waals surface area contributed by atoms with Gasteiger partial charge >= 0.3 is 5.97 Å². The van der Waals surface area contributed by atoms with Crippen LogP contribution in [-0.4, -0.2) is 29.1 Å². The third-order valence-corrected chi connectivity index (χ3v) is 8.59. The van der Waals surface area contributed by atoms with Crippen LogP contribution in [0.15, 0.2) is 24.3 Å². The maximum absolute atomic E-state index is 13.1. The number of rotatable bonds is 33. The van der Waals surface area contributed by atoms with Crippen molar-refractivity contribution in [3.05, 3.63) is 24.3 Å². The summed E-state index contributed by atoms with van der Waals surface area (Å²) < 4.78 is 5.37. The second-order valence-corrected chi connectivity index (χ2v) is 13.6. The zero-order chi connectivity index (χ0) is 32.6. The first kappa shape index (κ1) is 42.6. The summed E-state index contributed by atoms with van der Waals surface area (Å²) in [5.41, 5.74) is -1.98. The first-order chi connectivity index (χ1) is 21.4. The van der Waals surface area contributed by atoms with E-state index < -0.39 is 11.6 Å². The molecule has 0 aliphatic heterocycles. The van der Waals surface area contributed by atoms with Crippen molar-refractivity contribution in [3.63, 3.8) is 0 Å². The lowest BCUT2D eigenvalue weighted by molar-refractivity contribution is -0.172. The van der Waals surface area contributed by atoms with E-state index in [1.807, 2.05) is 13.8 Å². The lowest BCUT2D eigenvalue weighted by atomic mass is 9.88. The molecule has 0 aromatic heterocycles. The van der Waals surface area contributed by atoms with Crippen LogP contribution < -0.4 is 0 Å². The molecule has 258 valence electrons. The van der Waals surface area contributed by atoms with Gasteiger partial charge in [0.15, 0.2) is 5.78 Å². The van der Waals surface area contributed by atoms with Crippen molar-refractivity contribution >= 4 is 11.8 Å². The molecule has 0 aliphatic carbocycles. The van der Waals surface area contributed by atoms with E-state index in [0.29, 0.717) is 6.42 Å². The lowest BCUT2D eigenvalue weighted by Gasteiger charge is -2.25. The maximum atomic E-state index is 13.1. The Morgan fingerprint density at radius 1 is 0.591 bits per heavy atom. The van der Waals surface area contributed by atoms with Crippen molar-refractivity contribution in [1.82, 2.24) is 0 Å². The average molecular weight is 619 g/mol. The molecular weight excluding hydrogens is 544 g/mol. The first-order valence-corrected chi connectivity index (χ1v) is 19.1. The molecule has 0 saturated carbocycles. The first-order valence-electron chi connectivity index (χ1n) is 19.1. The number of unbranched alkanes of at least 4 members (excludes halogenated alkanes) is 21. The predicted molar refractivity (Wildman–Crippen MR) is 190 cm³/mol. The molecule has 4 heteroatoms. The van der Waals surface area contributed by atoms with Gasteiger partial charge in [0.2, 0.25) is 5.60 Å². The summed E-state index contributed by atoms with van der Waals surface area (Å²) in [4.78, 5) is 25.9. The Kier molecular flexibility index (Phi) is 30.5. The van der Waals surface area contributed by atoms with Crippen LogP contribution >= 0.6 is 0 Å². The van der Waals surface area contributed by atoms with E-state index in [2.05, 4.69) is 38.2 Å². The van der Waals surface area contributed by atoms with E-state index in [9.17, 15) is 14.7 Å². The highest BCUT2D eigenvalue weighted by Gasteiger charge is 2.44. The standard InChI is InChI=1S/C40H74O4/c1-5-7-9-11-13-15-17-19-21-22-24-26-28-30-32-34-38(41)40(43,39(42)44-36-37(3)4)35-33-31-29-27-25-23-20-18-16-14-12-10-8-6-2/h13,15,19,21,37,43H,5-12,14,16-18,20,22-36H2,1-4H3/b15-13-,21-19-. The van der Waals surface area contributed by atoms with Crippen LogP contribution in [0.2, 0.25) is 0 Å². The van der Waals surface area contributed by atoms with Crippen molar-refractivity contribution in [2.24, 2.45) is 5.92 Å². The van der Waals surface area contributed by atoms with E-state index in [1.54, 1.807) is 0 Å². The molecule has 0 saturated heterocycles. The van der Waals surface area contributed by atoms with Crippen LogP contribution in [-0.2, 0) is 14.3 Å². The highest BCUT2D eigenvalue weighted by molar-refractivity contribution is 6.06. The van der Waals surface area contributed by atoms with Crippen LogP contribution in [0.3, 0.4) is 0 Å². The zero-order valence-electron chi connectivity index (χ0n) is 29.9. The maximum Gasteiger partial charge on any atom is 0.345 e. The molecule has 1 atom stereocenters. The van der Waals surface area contributed by atoms with Gasteiger partial charge in [0.05, 0.1) is 6.61 Å². The minimum absolute atomic E-state index is 0.168. The summed E-state index contributed by atoms with van der Waals surface area (Å²) in [7, 11) is 0. The summed E-state index contributed by atoms with van der Waals surface area (Å²) in [6.45, 7) is 8.66. The summed E-state index contributed by atoms with van der Waals surface area (Å²) >= 11 is 0. The summed E-state index contributed by atoms with van der Waals surface area (Å²) in [6, 6.07) is 0. The van der Waals surface area contributed by atoms with Crippen LogP contribution in [0.25, 0.3) is 0 Å². The van der Waals surface area contributed by atoms with Gasteiger partial charge < -0.3 is 9.84 Å². The Bertz CT molecular complexity index is 710. The average Bonchev–Trinajstić information content (AvgIpc) is 3.01. The Morgan fingerprint density at radius 2 is 1.00 bits per heavy atom. The molecule has 0 fully saturated rings. The fourth-order valence-electron chi connectivity index (χ4n) is 5.60. The topological polar surface area (TPSA) is 63.6 Å². The lowest BCUT2D eigenvalue weighted by Crippen LogP contribution is -2.48. The number of aliphatic hydroxyl groups is 1. The smallest absolute Gasteiger partial charge is 0.345 e. The van der Waals surface area contributed by atoms with Gasteiger partial charge in [0.1, 0.15) is 0 Å². The zero-order valence-corrected chi connectivity index (χ0v) is 29.9. The van der Waals surface area contributed by atoms with Gasteiger partial charge in [0, 0.05) is 6.42 Å². The van der Waals surface area contributed by atoms with E-state index >= 15 is 0 Å². The quantitative estimate of drug-likeness (QED) is 0.0344.